The average molecular weight is 658 g/mol. The summed E-state index contributed by atoms with van der Waals surface area (Å²) in [5.41, 5.74) is -0.821. The number of amides is 2. The number of para-hydroxylation sites is 1. The Morgan fingerprint density at radius 1 is 1.11 bits per heavy atom. The number of carbonyl (C=O) groups is 4. The number of halogens is 4. The van der Waals surface area contributed by atoms with Crippen molar-refractivity contribution in [3.8, 4) is 5.75 Å². The van der Waals surface area contributed by atoms with Gasteiger partial charge in [-0.2, -0.15) is 18.2 Å². The normalized spacial score (nSPS) is 29.1. The molecule has 6 rings (SSSR count). The molecule has 2 amide bonds. The van der Waals surface area contributed by atoms with Crippen molar-refractivity contribution in [3.05, 3.63) is 76.0 Å². The molecule has 1 aromatic carbocycles. The van der Waals surface area contributed by atoms with E-state index < -0.39 is 64.5 Å². The van der Waals surface area contributed by atoms with Crippen LogP contribution in [0.15, 0.2) is 59.7 Å². The molecule has 6 atom stereocenters. The van der Waals surface area contributed by atoms with Crippen LogP contribution in [0.1, 0.15) is 43.9 Å². The van der Waals surface area contributed by atoms with Gasteiger partial charge < -0.3 is 9.84 Å². The monoisotopic (exact) mass is 657 g/mol. The molecular weight excluding hydrogens is 627 g/mol. The third-order valence-electron chi connectivity index (χ3n) is 9.92. The van der Waals surface area contributed by atoms with Gasteiger partial charge in [-0.05, 0) is 55.5 Å². The molecule has 2 fully saturated rings. The van der Waals surface area contributed by atoms with Crippen LogP contribution in [-0.4, -0.2) is 58.7 Å². The second kappa shape index (κ2) is 11.3. The number of aliphatic hydroxyl groups excluding tert-OH is 1. The number of pyridine rings is 1. The van der Waals surface area contributed by atoms with Gasteiger partial charge in [-0.3, -0.25) is 24.2 Å². The van der Waals surface area contributed by atoms with Gasteiger partial charge in [0.25, 0.3) is 11.8 Å². The summed E-state index contributed by atoms with van der Waals surface area (Å²) in [5.74, 6) is -5.73. The van der Waals surface area contributed by atoms with Crippen LogP contribution < -0.4 is 9.75 Å². The number of Topliss-reactive ketones (excluding diaryl/α,β-unsaturated/α-hetero) is 1. The lowest BCUT2D eigenvalue weighted by atomic mass is 9.47. The van der Waals surface area contributed by atoms with Crippen molar-refractivity contribution in [1.29, 1.82) is 0 Å². The molecule has 4 aliphatic rings. The Labute approximate surface area is 267 Å². The number of hydrogen-bond acceptors (Lipinski definition) is 8. The number of aliphatic hydroxyl groups is 1. The zero-order valence-electron chi connectivity index (χ0n) is 25.2. The number of imide groups is 1. The van der Waals surface area contributed by atoms with Crippen molar-refractivity contribution < 1.29 is 42.2 Å². The Balaban J connectivity index is 1.45. The van der Waals surface area contributed by atoms with Crippen molar-refractivity contribution in [3.63, 3.8) is 0 Å². The van der Waals surface area contributed by atoms with E-state index in [1.165, 1.54) is 13.1 Å². The van der Waals surface area contributed by atoms with Crippen molar-refractivity contribution in [2.45, 2.75) is 38.8 Å². The number of anilines is 1. The number of ketones is 2. The smallest absolute Gasteiger partial charge is 0.433 e. The van der Waals surface area contributed by atoms with E-state index in [1.54, 1.807) is 38.1 Å². The van der Waals surface area contributed by atoms with Gasteiger partial charge in [0, 0.05) is 24.4 Å². The largest absolute Gasteiger partial charge is 0.491 e. The number of fused-ring (bicyclic) bond motifs is 4. The Morgan fingerprint density at radius 2 is 1.83 bits per heavy atom. The third-order valence-corrected chi connectivity index (χ3v) is 10.2. The standard InChI is InChI=1S/C33H31ClF3N3O6/c1-16-14-23(42)21-15-20-17(27(32(21,2)28(16)43)18-6-4-5-7-24(18)46-13-12-41)8-9-19-26(20)31(45)40(30(19)44)39(3)29-22(34)10-11-25(38-29)33(35,36)37/h4-8,10-11,14,19-21,26-27,41H,9,12-13,15H2,1-3H3/t19-,20+,21-,26-,27+,32+/m0/s1. The van der Waals surface area contributed by atoms with Crippen molar-refractivity contribution in [1.82, 2.24) is 9.99 Å². The summed E-state index contributed by atoms with van der Waals surface area (Å²) in [6.45, 7) is 3.10. The van der Waals surface area contributed by atoms with E-state index >= 15 is 0 Å². The molecule has 242 valence electrons. The van der Waals surface area contributed by atoms with Gasteiger partial charge in [-0.1, -0.05) is 48.4 Å². The second-order valence-corrected chi connectivity index (χ2v) is 12.8. The summed E-state index contributed by atoms with van der Waals surface area (Å²) in [6, 6.07) is 8.75. The minimum atomic E-state index is -4.79. The van der Waals surface area contributed by atoms with Crippen molar-refractivity contribution >= 4 is 40.8 Å². The summed E-state index contributed by atoms with van der Waals surface area (Å²) in [7, 11) is 1.25. The Bertz CT molecular complexity index is 1720. The SMILES string of the molecule is CC1=CC(=O)[C@@H]2C[C@@H]3C(=CC[C@@H]4C(=O)N(N(C)c5nc(C(F)(F)F)ccc5Cl)C(=O)[C@@H]43)[C@H](c3ccccc3OCCO)[C@]2(C)C1=O. The third kappa shape index (κ3) is 4.76. The van der Waals surface area contributed by atoms with Crippen LogP contribution in [0.2, 0.25) is 5.02 Å². The molecule has 2 heterocycles. The second-order valence-electron chi connectivity index (χ2n) is 12.4. The first-order chi connectivity index (χ1) is 21.7. The number of nitrogens with zero attached hydrogens (tertiary/aromatic N) is 3. The van der Waals surface area contributed by atoms with Gasteiger partial charge in [0.05, 0.1) is 28.9 Å². The quantitative estimate of drug-likeness (QED) is 0.343. The number of carbonyl (C=O) groups excluding carboxylic acids is 4. The Kier molecular flexibility index (Phi) is 7.87. The van der Waals surface area contributed by atoms with E-state index in [0.29, 0.717) is 23.0 Å². The minimum absolute atomic E-state index is 0.0106. The van der Waals surface area contributed by atoms with Gasteiger partial charge in [-0.15, -0.1) is 0 Å². The highest BCUT2D eigenvalue weighted by molar-refractivity contribution is 6.33. The fourth-order valence-electron chi connectivity index (χ4n) is 7.94. The summed E-state index contributed by atoms with van der Waals surface area (Å²) in [4.78, 5) is 59.3. The van der Waals surface area contributed by atoms with Gasteiger partial charge in [-0.25, -0.2) is 4.98 Å². The van der Waals surface area contributed by atoms with Crippen molar-refractivity contribution in [2.24, 2.45) is 29.1 Å². The molecule has 0 unspecified atom stereocenters. The van der Waals surface area contributed by atoms with Gasteiger partial charge in [0.15, 0.2) is 17.4 Å². The number of alkyl halides is 3. The van der Waals surface area contributed by atoms with Gasteiger partial charge in [0.1, 0.15) is 18.1 Å². The highest BCUT2D eigenvalue weighted by atomic mass is 35.5. The highest BCUT2D eigenvalue weighted by Gasteiger charge is 2.64. The molecule has 2 aromatic rings. The lowest BCUT2D eigenvalue weighted by Gasteiger charge is -2.53. The predicted molar refractivity (Wildman–Crippen MR) is 159 cm³/mol. The van der Waals surface area contributed by atoms with Crippen LogP contribution in [0.5, 0.6) is 5.75 Å². The molecule has 9 nitrogen and oxygen atoms in total. The molecule has 46 heavy (non-hydrogen) atoms. The number of hydrazine groups is 1. The number of hydrogen-bond donors (Lipinski definition) is 1. The molecule has 1 aliphatic heterocycles. The molecule has 0 spiro atoms. The first-order valence-corrected chi connectivity index (χ1v) is 15.2. The van der Waals surface area contributed by atoms with Crippen LogP contribution in [0.3, 0.4) is 0 Å². The van der Waals surface area contributed by atoms with Crippen LogP contribution >= 0.6 is 11.6 Å². The minimum Gasteiger partial charge on any atom is -0.491 e. The van der Waals surface area contributed by atoms with Crippen LogP contribution in [-0.2, 0) is 25.4 Å². The fourth-order valence-corrected chi connectivity index (χ4v) is 8.16. The molecule has 0 bridgehead atoms. The van der Waals surface area contributed by atoms with Gasteiger partial charge >= 0.3 is 6.18 Å². The number of rotatable bonds is 6. The zero-order valence-corrected chi connectivity index (χ0v) is 25.9. The number of benzene rings is 1. The number of ether oxygens (including phenoxy) is 1. The maximum Gasteiger partial charge on any atom is 0.433 e. The average Bonchev–Trinajstić information content (AvgIpc) is 3.27. The molecule has 1 saturated carbocycles. The van der Waals surface area contributed by atoms with E-state index in [0.717, 1.165) is 21.7 Å². The van der Waals surface area contributed by atoms with E-state index in [9.17, 15) is 37.5 Å². The maximum absolute atomic E-state index is 14.2. The highest BCUT2D eigenvalue weighted by Crippen LogP contribution is 2.63. The van der Waals surface area contributed by atoms with E-state index in [1.807, 2.05) is 6.08 Å². The number of aromatic nitrogens is 1. The fraction of sp³-hybridized carbons (Fsp3) is 0.424. The molecule has 1 saturated heterocycles. The molecule has 3 aliphatic carbocycles. The maximum atomic E-state index is 14.2. The molecular formula is C33H31ClF3N3O6. The molecule has 0 radical (unpaired) electrons. The lowest BCUT2D eigenvalue weighted by Crippen LogP contribution is -2.55. The van der Waals surface area contributed by atoms with Crippen LogP contribution in [0.4, 0.5) is 19.0 Å². The van der Waals surface area contributed by atoms with Crippen LogP contribution in [0, 0.1) is 29.1 Å². The van der Waals surface area contributed by atoms with Gasteiger partial charge in [0.2, 0.25) is 0 Å². The Morgan fingerprint density at radius 3 is 2.52 bits per heavy atom. The summed E-state index contributed by atoms with van der Waals surface area (Å²) in [5, 5.41) is 11.0. The zero-order chi connectivity index (χ0) is 33.3. The summed E-state index contributed by atoms with van der Waals surface area (Å²) in [6.07, 6.45) is -1.35. The van der Waals surface area contributed by atoms with E-state index in [4.69, 9.17) is 16.3 Å². The molecule has 1 N–H and O–H groups in total. The lowest BCUT2D eigenvalue weighted by molar-refractivity contribution is -0.142. The topological polar surface area (TPSA) is 117 Å². The molecule has 1 aromatic heterocycles. The predicted octanol–water partition coefficient (Wildman–Crippen LogP) is 4.93. The van der Waals surface area contributed by atoms with E-state index in [2.05, 4.69) is 4.98 Å². The number of allylic oxidation sites excluding steroid dienone is 4. The summed E-state index contributed by atoms with van der Waals surface area (Å²) < 4.78 is 46.3. The molecule has 13 heteroatoms. The summed E-state index contributed by atoms with van der Waals surface area (Å²) >= 11 is 6.22. The van der Waals surface area contributed by atoms with Crippen LogP contribution in [0.25, 0.3) is 0 Å². The van der Waals surface area contributed by atoms with Crippen molar-refractivity contribution in [2.75, 3.05) is 25.3 Å². The first kappa shape index (κ1) is 31.9. The first-order valence-electron chi connectivity index (χ1n) is 14.9. The van der Waals surface area contributed by atoms with E-state index in [-0.39, 0.29) is 42.6 Å². The Hall–Kier alpha value is -4.03.